The number of amides is 2. The third-order valence-corrected chi connectivity index (χ3v) is 4.06. The van der Waals surface area contributed by atoms with Gasteiger partial charge in [-0.2, -0.15) is 0 Å². The van der Waals surface area contributed by atoms with E-state index in [4.69, 9.17) is 9.47 Å². The second-order valence-electron chi connectivity index (χ2n) is 5.98. The molecule has 3 rings (SSSR count). The van der Waals surface area contributed by atoms with Gasteiger partial charge in [-0.1, -0.05) is 12.1 Å². The lowest BCUT2D eigenvalue weighted by Crippen LogP contribution is -2.33. The van der Waals surface area contributed by atoms with Gasteiger partial charge in [-0.3, -0.25) is 14.6 Å². The zero-order valence-corrected chi connectivity index (χ0v) is 14.6. The summed E-state index contributed by atoms with van der Waals surface area (Å²) in [6, 6.07) is 11.1. The third-order valence-electron chi connectivity index (χ3n) is 4.06. The van der Waals surface area contributed by atoms with Crippen molar-refractivity contribution in [1.29, 1.82) is 0 Å². The first-order chi connectivity index (χ1) is 12.6. The lowest BCUT2D eigenvalue weighted by atomic mass is 10.2. The maximum absolute atomic E-state index is 12.0. The molecular weight excluding hydrogens is 334 g/mol. The highest BCUT2D eigenvalue weighted by Crippen LogP contribution is 2.32. The fourth-order valence-electron chi connectivity index (χ4n) is 2.62. The first kappa shape index (κ1) is 17.7. The summed E-state index contributed by atoms with van der Waals surface area (Å²) in [4.78, 5) is 29.7. The van der Waals surface area contributed by atoms with E-state index in [1.807, 2.05) is 36.4 Å². The fraction of sp³-hybridized carbons (Fsp3) is 0.316. The van der Waals surface area contributed by atoms with Crippen LogP contribution in [0.15, 0.2) is 42.6 Å². The van der Waals surface area contributed by atoms with Crippen LogP contribution in [-0.2, 0) is 22.7 Å². The Balaban J connectivity index is 1.50. The van der Waals surface area contributed by atoms with Crippen molar-refractivity contribution >= 4 is 11.8 Å². The fourth-order valence-corrected chi connectivity index (χ4v) is 2.62. The summed E-state index contributed by atoms with van der Waals surface area (Å²) in [7, 11) is 0. The molecule has 7 nitrogen and oxygen atoms in total. The molecule has 0 saturated carbocycles. The van der Waals surface area contributed by atoms with E-state index in [0.29, 0.717) is 31.1 Å². The molecule has 1 aromatic heterocycles. The lowest BCUT2D eigenvalue weighted by Gasteiger charge is -2.21. The molecule has 1 aliphatic heterocycles. The molecule has 26 heavy (non-hydrogen) atoms. The molecule has 7 heteroatoms. The summed E-state index contributed by atoms with van der Waals surface area (Å²) in [5.41, 5.74) is 1.72. The van der Waals surface area contributed by atoms with Crippen LogP contribution < -0.4 is 14.8 Å². The lowest BCUT2D eigenvalue weighted by molar-refractivity contribution is -0.130. The smallest absolute Gasteiger partial charge is 0.231 e. The Labute approximate surface area is 151 Å². The van der Waals surface area contributed by atoms with Crippen LogP contribution in [0.25, 0.3) is 0 Å². The Morgan fingerprint density at radius 3 is 2.81 bits per heavy atom. The van der Waals surface area contributed by atoms with Crippen molar-refractivity contribution in [2.75, 3.05) is 13.3 Å². The van der Waals surface area contributed by atoms with Crippen molar-refractivity contribution in [2.24, 2.45) is 0 Å². The summed E-state index contributed by atoms with van der Waals surface area (Å²) < 4.78 is 10.6. The molecule has 0 fully saturated rings. The quantitative estimate of drug-likeness (QED) is 0.820. The number of fused-ring (bicyclic) bond motifs is 1. The molecule has 0 aliphatic carbocycles. The maximum atomic E-state index is 12.0. The average Bonchev–Trinajstić information content (AvgIpc) is 3.11. The summed E-state index contributed by atoms with van der Waals surface area (Å²) in [5, 5.41) is 2.82. The molecule has 1 aliphatic rings. The van der Waals surface area contributed by atoms with Crippen LogP contribution in [-0.4, -0.2) is 35.0 Å². The summed E-state index contributed by atoms with van der Waals surface area (Å²) >= 11 is 0. The number of nitrogens with zero attached hydrogens (tertiary/aromatic N) is 2. The van der Waals surface area contributed by atoms with Gasteiger partial charge in [0.1, 0.15) is 0 Å². The molecule has 2 aromatic rings. The van der Waals surface area contributed by atoms with E-state index in [1.165, 1.54) is 6.92 Å². The van der Waals surface area contributed by atoms with E-state index in [9.17, 15) is 9.59 Å². The topological polar surface area (TPSA) is 80.8 Å². The average molecular weight is 355 g/mol. The first-order valence-electron chi connectivity index (χ1n) is 8.42. The number of pyridine rings is 1. The Hall–Kier alpha value is -3.09. The van der Waals surface area contributed by atoms with Crippen molar-refractivity contribution in [1.82, 2.24) is 15.2 Å². The van der Waals surface area contributed by atoms with Gasteiger partial charge in [0.25, 0.3) is 0 Å². The second kappa shape index (κ2) is 8.33. The van der Waals surface area contributed by atoms with Gasteiger partial charge in [0.2, 0.25) is 18.6 Å². The molecule has 0 spiro atoms. The second-order valence-corrected chi connectivity index (χ2v) is 5.98. The normalized spacial score (nSPS) is 11.9. The van der Waals surface area contributed by atoms with E-state index < -0.39 is 0 Å². The molecule has 1 aromatic carbocycles. The van der Waals surface area contributed by atoms with Crippen LogP contribution in [0.5, 0.6) is 11.5 Å². The minimum absolute atomic E-state index is 0.0832. The van der Waals surface area contributed by atoms with Crippen molar-refractivity contribution in [3.05, 3.63) is 53.9 Å². The highest BCUT2D eigenvalue weighted by atomic mass is 16.7. The molecule has 0 radical (unpaired) electrons. The summed E-state index contributed by atoms with van der Waals surface area (Å²) in [6.45, 7) is 2.85. The molecule has 2 heterocycles. The number of carbonyl (C=O) groups excluding carboxylic acids is 2. The first-order valence-corrected chi connectivity index (χ1v) is 8.42. The number of hydrogen-bond donors (Lipinski definition) is 1. The van der Waals surface area contributed by atoms with Crippen LogP contribution in [0.2, 0.25) is 0 Å². The SMILES string of the molecule is CC(=O)N(CCC(=O)NCc1ccccn1)Cc1ccc2c(c1)OCO2. The molecule has 0 unspecified atom stereocenters. The van der Waals surface area contributed by atoms with E-state index in [1.54, 1.807) is 11.1 Å². The molecule has 1 N–H and O–H groups in total. The summed E-state index contributed by atoms with van der Waals surface area (Å²) in [6.07, 6.45) is 1.92. The maximum Gasteiger partial charge on any atom is 0.231 e. The number of carbonyl (C=O) groups is 2. The van der Waals surface area contributed by atoms with Gasteiger partial charge in [0.05, 0.1) is 12.2 Å². The largest absolute Gasteiger partial charge is 0.454 e. The highest BCUT2D eigenvalue weighted by Gasteiger charge is 2.16. The van der Waals surface area contributed by atoms with Crippen molar-refractivity contribution in [2.45, 2.75) is 26.4 Å². The Bertz CT molecular complexity index is 780. The number of hydrogen-bond acceptors (Lipinski definition) is 5. The van der Waals surface area contributed by atoms with Gasteiger partial charge in [-0.05, 0) is 29.8 Å². The third kappa shape index (κ3) is 4.72. The van der Waals surface area contributed by atoms with Crippen LogP contribution in [0.4, 0.5) is 0 Å². The van der Waals surface area contributed by atoms with Gasteiger partial charge in [-0.15, -0.1) is 0 Å². The van der Waals surface area contributed by atoms with Gasteiger partial charge >= 0.3 is 0 Å². The Morgan fingerprint density at radius 2 is 2.04 bits per heavy atom. The summed E-state index contributed by atoms with van der Waals surface area (Å²) in [5.74, 6) is 1.18. The molecular formula is C19H21N3O4. The van der Waals surface area contributed by atoms with Gasteiger partial charge in [-0.25, -0.2) is 0 Å². The zero-order valence-electron chi connectivity index (χ0n) is 14.6. The van der Waals surface area contributed by atoms with Crippen molar-refractivity contribution in [3.8, 4) is 11.5 Å². The van der Waals surface area contributed by atoms with Crippen molar-refractivity contribution in [3.63, 3.8) is 0 Å². The van der Waals surface area contributed by atoms with Crippen LogP contribution in [0.1, 0.15) is 24.6 Å². The van der Waals surface area contributed by atoms with Gasteiger partial charge in [0.15, 0.2) is 11.5 Å². The van der Waals surface area contributed by atoms with Gasteiger partial charge < -0.3 is 19.7 Å². The van der Waals surface area contributed by atoms with Crippen LogP contribution >= 0.6 is 0 Å². The van der Waals surface area contributed by atoms with E-state index in [0.717, 1.165) is 11.3 Å². The monoisotopic (exact) mass is 355 g/mol. The van der Waals surface area contributed by atoms with E-state index in [2.05, 4.69) is 10.3 Å². The predicted octanol–water partition coefficient (Wildman–Crippen LogP) is 1.87. The number of ether oxygens (including phenoxy) is 2. The highest BCUT2D eigenvalue weighted by molar-refractivity contribution is 5.78. The number of nitrogens with one attached hydrogen (secondary N) is 1. The number of rotatable bonds is 7. The molecule has 0 bridgehead atoms. The molecule has 136 valence electrons. The minimum atomic E-state index is -0.118. The molecule has 2 amide bonds. The zero-order chi connectivity index (χ0) is 18.4. The Morgan fingerprint density at radius 1 is 1.19 bits per heavy atom. The number of benzene rings is 1. The Kier molecular flexibility index (Phi) is 5.68. The molecule has 0 saturated heterocycles. The van der Waals surface area contributed by atoms with E-state index >= 15 is 0 Å². The standard InChI is InChI=1S/C19H21N3O4/c1-14(23)22(12-15-5-6-17-18(10-15)26-13-25-17)9-7-19(24)21-11-16-4-2-3-8-20-16/h2-6,8,10H,7,9,11-13H2,1H3,(H,21,24). The van der Waals surface area contributed by atoms with Crippen LogP contribution in [0.3, 0.4) is 0 Å². The molecule has 0 atom stereocenters. The number of aromatic nitrogens is 1. The van der Waals surface area contributed by atoms with Crippen LogP contribution in [0, 0.1) is 0 Å². The predicted molar refractivity (Wildman–Crippen MR) is 94.4 cm³/mol. The minimum Gasteiger partial charge on any atom is -0.454 e. The van der Waals surface area contributed by atoms with Crippen molar-refractivity contribution < 1.29 is 19.1 Å². The van der Waals surface area contributed by atoms with E-state index in [-0.39, 0.29) is 25.0 Å². The van der Waals surface area contributed by atoms with Gasteiger partial charge in [0, 0.05) is 32.6 Å².